The van der Waals surface area contributed by atoms with E-state index in [9.17, 15) is 29.6 Å². The number of aromatic amines is 1. The van der Waals surface area contributed by atoms with E-state index in [1.807, 2.05) is 19.9 Å². The van der Waals surface area contributed by atoms with Gasteiger partial charge in [0.05, 0.1) is 23.9 Å². The number of hydrogen-bond acceptors (Lipinski definition) is 8. The van der Waals surface area contributed by atoms with Crippen LogP contribution in [0.2, 0.25) is 0 Å². The fraction of sp³-hybridized carbons (Fsp3) is 0.379. The number of aliphatic hydroxyl groups excluding tert-OH is 1. The number of imidazole rings is 1. The number of nitro benzene ring substituents is 1. The molecule has 0 saturated heterocycles. The third-order valence-corrected chi connectivity index (χ3v) is 6.34. The van der Waals surface area contributed by atoms with E-state index >= 15 is 0 Å². The van der Waals surface area contributed by atoms with Gasteiger partial charge in [-0.1, -0.05) is 56.3 Å². The second kappa shape index (κ2) is 15.9. The number of aromatic nitrogens is 2. The third kappa shape index (κ3) is 10.3. The molecule has 1 heterocycles. The Morgan fingerprint density at radius 3 is 2.21 bits per heavy atom. The highest BCUT2D eigenvalue weighted by Crippen LogP contribution is 2.14. The molecule has 3 atom stereocenters. The normalized spacial score (nSPS) is 13.0. The largest absolute Gasteiger partial charge is 0.445 e. The van der Waals surface area contributed by atoms with E-state index in [0.717, 1.165) is 5.56 Å². The molecule has 42 heavy (non-hydrogen) atoms. The molecule has 0 saturated carbocycles. The number of nitrogens with zero attached hydrogens (tertiary/aromatic N) is 2. The van der Waals surface area contributed by atoms with Crippen LogP contribution >= 0.6 is 0 Å². The van der Waals surface area contributed by atoms with Crippen LogP contribution in [-0.4, -0.2) is 62.6 Å². The van der Waals surface area contributed by atoms with Gasteiger partial charge in [0.1, 0.15) is 18.7 Å². The summed E-state index contributed by atoms with van der Waals surface area (Å²) in [6, 6.07) is 11.8. The molecule has 3 amide bonds. The summed E-state index contributed by atoms with van der Waals surface area (Å²) in [5.41, 5.74) is 1.75. The molecule has 0 aliphatic heterocycles. The molecule has 13 heteroatoms. The quantitative estimate of drug-likeness (QED) is 0.134. The first-order valence-corrected chi connectivity index (χ1v) is 13.5. The molecule has 5 N–H and O–H groups in total. The van der Waals surface area contributed by atoms with Gasteiger partial charge in [-0.2, -0.15) is 0 Å². The molecule has 2 aromatic carbocycles. The zero-order valence-electron chi connectivity index (χ0n) is 23.5. The highest BCUT2D eigenvalue weighted by atomic mass is 16.6. The number of aliphatic hydroxyl groups is 1. The van der Waals surface area contributed by atoms with E-state index in [2.05, 4.69) is 25.9 Å². The Bertz CT molecular complexity index is 1300. The molecule has 1 unspecified atom stereocenters. The van der Waals surface area contributed by atoms with E-state index in [1.165, 1.54) is 36.8 Å². The lowest BCUT2D eigenvalue weighted by atomic mass is 10.0. The summed E-state index contributed by atoms with van der Waals surface area (Å²) in [7, 11) is 0. The first kappa shape index (κ1) is 31.7. The minimum Gasteiger partial charge on any atom is -0.445 e. The number of hydrogen-bond donors (Lipinski definition) is 5. The number of rotatable bonds is 15. The third-order valence-electron chi connectivity index (χ3n) is 6.34. The lowest BCUT2D eigenvalue weighted by Gasteiger charge is -2.25. The number of benzene rings is 2. The van der Waals surface area contributed by atoms with Crippen molar-refractivity contribution in [1.29, 1.82) is 0 Å². The topological polar surface area (TPSA) is 189 Å². The average molecular weight is 581 g/mol. The van der Waals surface area contributed by atoms with Gasteiger partial charge in [0, 0.05) is 36.9 Å². The van der Waals surface area contributed by atoms with Crippen molar-refractivity contribution in [3.8, 4) is 0 Å². The molecule has 224 valence electrons. The fourth-order valence-corrected chi connectivity index (χ4v) is 4.25. The smallest absolute Gasteiger partial charge is 0.408 e. The summed E-state index contributed by atoms with van der Waals surface area (Å²) >= 11 is 0. The van der Waals surface area contributed by atoms with Crippen LogP contribution in [0.15, 0.2) is 67.1 Å². The van der Waals surface area contributed by atoms with Gasteiger partial charge in [0.15, 0.2) is 0 Å². The summed E-state index contributed by atoms with van der Waals surface area (Å²) in [5.74, 6) is -0.979. The molecule has 13 nitrogen and oxygen atoms in total. The SMILES string of the molecule is CC(C)C[C@@H](CO)NC(=O)[C@H](Cc1cnc[nH]1)NC(=O)C(Cc1ccc([N+](=O)[O-])cc1)NC(=O)OCc1ccccc1. The molecule has 0 fully saturated rings. The minimum atomic E-state index is -1.18. The first-order chi connectivity index (χ1) is 20.1. The molecule has 0 radical (unpaired) electrons. The number of non-ortho nitro benzene ring substituents is 1. The molecular formula is C29H36N6O7. The van der Waals surface area contributed by atoms with Gasteiger partial charge in [0.25, 0.3) is 5.69 Å². The van der Waals surface area contributed by atoms with Crippen LogP contribution < -0.4 is 16.0 Å². The van der Waals surface area contributed by atoms with Gasteiger partial charge >= 0.3 is 6.09 Å². The Kier molecular flexibility index (Phi) is 12.0. The van der Waals surface area contributed by atoms with Gasteiger partial charge in [-0.05, 0) is 23.5 Å². The average Bonchev–Trinajstić information content (AvgIpc) is 3.48. The predicted molar refractivity (Wildman–Crippen MR) is 153 cm³/mol. The van der Waals surface area contributed by atoms with Crippen LogP contribution in [0.1, 0.15) is 37.1 Å². The van der Waals surface area contributed by atoms with Crippen molar-refractivity contribution in [2.24, 2.45) is 5.92 Å². The maximum Gasteiger partial charge on any atom is 0.408 e. The van der Waals surface area contributed by atoms with Crippen molar-refractivity contribution in [2.45, 2.75) is 57.8 Å². The number of nitrogens with one attached hydrogen (secondary N) is 4. The number of H-pyrrole nitrogens is 1. The second-order valence-corrected chi connectivity index (χ2v) is 10.2. The summed E-state index contributed by atoms with van der Waals surface area (Å²) in [5, 5.41) is 28.9. The Labute approximate surface area is 243 Å². The van der Waals surface area contributed by atoms with Crippen molar-refractivity contribution >= 4 is 23.6 Å². The highest BCUT2D eigenvalue weighted by Gasteiger charge is 2.29. The predicted octanol–water partition coefficient (Wildman–Crippen LogP) is 2.41. The standard InChI is InChI=1S/C29H36N6O7/c1-19(2)12-23(16-36)32-27(37)26(14-22-15-30-18-31-22)33-28(38)25(13-20-8-10-24(11-9-20)35(40)41)34-29(39)42-17-21-6-4-3-5-7-21/h3-11,15,18-19,23,25-26,36H,12-14,16-17H2,1-2H3,(H,30,31)(H,32,37)(H,33,38)(H,34,39)/t23-,25?,26-/m0/s1. The monoisotopic (exact) mass is 580 g/mol. The molecule has 0 bridgehead atoms. The summed E-state index contributed by atoms with van der Waals surface area (Å²) in [6.07, 6.45) is 2.69. The molecule has 1 aromatic heterocycles. The molecular weight excluding hydrogens is 544 g/mol. The van der Waals surface area contributed by atoms with Crippen molar-refractivity contribution in [3.63, 3.8) is 0 Å². The van der Waals surface area contributed by atoms with Crippen LogP contribution in [0.25, 0.3) is 0 Å². The molecule has 3 rings (SSSR count). The fourth-order valence-electron chi connectivity index (χ4n) is 4.25. The maximum atomic E-state index is 13.6. The van der Waals surface area contributed by atoms with Gasteiger partial charge in [-0.3, -0.25) is 19.7 Å². The molecule has 0 aliphatic carbocycles. The van der Waals surface area contributed by atoms with Crippen LogP contribution in [0.5, 0.6) is 0 Å². The van der Waals surface area contributed by atoms with Crippen LogP contribution in [0.3, 0.4) is 0 Å². The van der Waals surface area contributed by atoms with E-state index in [1.54, 1.807) is 24.3 Å². The highest BCUT2D eigenvalue weighted by molar-refractivity contribution is 5.91. The van der Waals surface area contributed by atoms with Gasteiger partial charge < -0.3 is 30.8 Å². The van der Waals surface area contributed by atoms with Crippen molar-refractivity contribution < 1.29 is 29.2 Å². The number of nitro groups is 1. The Balaban J connectivity index is 1.78. The summed E-state index contributed by atoms with van der Waals surface area (Å²) in [4.78, 5) is 56.9. The lowest BCUT2D eigenvalue weighted by molar-refractivity contribution is -0.384. The van der Waals surface area contributed by atoms with Crippen LogP contribution in [-0.2, 0) is 33.8 Å². The first-order valence-electron chi connectivity index (χ1n) is 13.5. The van der Waals surface area contributed by atoms with Gasteiger partial charge in [0.2, 0.25) is 11.8 Å². The van der Waals surface area contributed by atoms with Crippen molar-refractivity contribution in [3.05, 3.63) is 94.1 Å². The van der Waals surface area contributed by atoms with E-state index in [4.69, 9.17) is 4.74 Å². The Morgan fingerprint density at radius 2 is 1.62 bits per heavy atom. The number of ether oxygens (including phenoxy) is 1. The Morgan fingerprint density at radius 1 is 0.952 bits per heavy atom. The van der Waals surface area contributed by atoms with Crippen LogP contribution in [0, 0.1) is 16.0 Å². The van der Waals surface area contributed by atoms with Crippen molar-refractivity contribution in [2.75, 3.05) is 6.61 Å². The zero-order chi connectivity index (χ0) is 30.5. The molecule has 0 spiro atoms. The van der Waals surface area contributed by atoms with Gasteiger partial charge in [-0.15, -0.1) is 0 Å². The summed E-state index contributed by atoms with van der Waals surface area (Å²) < 4.78 is 5.30. The van der Waals surface area contributed by atoms with E-state index in [-0.39, 0.29) is 37.7 Å². The number of amides is 3. The molecule has 3 aromatic rings. The minimum absolute atomic E-state index is 0.0260. The lowest BCUT2D eigenvalue weighted by Crippen LogP contribution is -2.56. The summed E-state index contributed by atoms with van der Waals surface area (Å²) in [6.45, 7) is 3.63. The number of carbonyl (C=O) groups is 3. The van der Waals surface area contributed by atoms with Crippen molar-refractivity contribution in [1.82, 2.24) is 25.9 Å². The maximum absolute atomic E-state index is 13.6. The second-order valence-electron chi connectivity index (χ2n) is 10.2. The van der Waals surface area contributed by atoms with E-state index < -0.39 is 41.0 Å². The van der Waals surface area contributed by atoms with Gasteiger partial charge in [-0.25, -0.2) is 9.78 Å². The Hall–Kier alpha value is -4.78. The van der Waals surface area contributed by atoms with E-state index in [0.29, 0.717) is 17.7 Å². The number of alkyl carbamates (subject to hydrolysis) is 1. The zero-order valence-corrected chi connectivity index (χ0v) is 23.5. The number of carbonyl (C=O) groups excluding carboxylic acids is 3. The van der Waals surface area contributed by atoms with Crippen LogP contribution in [0.4, 0.5) is 10.5 Å². The molecule has 0 aliphatic rings.